The van der Waals surface area contributed by atoms with Crippen LogP contribution in [0.5, 0.6) is 5.75 Å². The standard InChI is InChI=1S/C30H37N5O11/c1-3-45-30(44)34-12-10-33(11-13-34)28(41)19(6-7-25(38)39)32-27(40)21-15-23(18-5-4-17(2)14-20(18)31-21)46-16-24(37)35-9-8-22(36)26(35)29(42)43/h4-5,14-15,19,22,26,36H,3,6-13,16H2,1-2H3,(H,32,40)(H,38,39)(H,42,43)/t19-,22-,26-/m0/s1. The summed E-state index contributed by atoms with van der Waals surface area (Å²) in [7, 11) is 0. The minimum absolute atomic E-state index is 0.0356. The zero-order chi connectivity index (χ0) is 33.5. The van der Waals surface area contributed by atoms with Gasteiger partial charge < -0.3 is 44.8 Å². The number of rotatable bonds is 11. The number of carboxylic acids is 2. The van der Waals surface area contributed by atoms with Gasteiger partial charge in [-0.05, 0) is 44.4 Å². The number of nitrogens with zero attached hydrogens (tertiary/aromatic N) is 4. The number of carbonyl (C=O) groups is 6. The Morgan fingerprint density at radius 2 is 1.72 bits per heavy atom. The van der Waals surface area contributed by atoms with Crippen molar-refractivity contribution >= 4 is 46.7 Å². The number of piperazine rings is 1. The summed E-state index contributed by atoms with van der Waals surface area (Å²) >= 11 is 0. The lowest BCUT2D eigenvalue weighted by atomic mass is 10.1. The number of nitrogens with one attached hydrogen (secondary N) is 1. The van der Waals surface area contributed by atoms with Crippen LogP contribution in [-0.2, 0) is 23.9 Å². The fourth-order valence-electron chi connectivity index (χ4n) is 5.42. The lowest BCUT2D eigenvalue weighted by Gasteiger charge is -2.35. The molecule has 0 unspecified atom stereocenters. The molecule has 248 valence electrons. The van der Waals surface area contributed by atoms with E-state index in [1.807, 2.05) is 6.92 Å². The molecule has 0 aliphatic carbocycles. The van der Waals surface area contributed by atoms with Gasteiger partial charge in [-0.1, -0.05) is 6.07 Å². The molecule has 0 saturated carbocycles. The Labute approximate surface area is 263 Å². The van der Waals surface area contributed by atoms with Crippen molar-refractivity contribution in [3.05, 3.63) is 35.5 Å². The number of amides is 4. The lowest BCUT2D eigenvalue weighted by molar-refractivity contribution is -0.151. The maximum Gasteiger partial charge on any atom is 0.409 e. The number of benzene rings is 1. The molecule has 2 saturated heterocycles. The van der Waals surface area contributed by atoms with E-state index in [1.165, 1.54) is 15.9 Å². The van der Waals surface area contributed by atoms with E-state index < -0.39 is 67.0 Å². The predicted molar refractivity (Wildman–Crippen MR) is 159 cm³/mol. The van der Waals surface area contributed by atoms with Crippen molar-refractivity contribution in [2.24, 2.45) is 0 Å². The molecule has 2 aliphatic rings. The molecule has 16 heteroatoms. The van der Waals surface area contributed by atoms with Gasteiger partial charge in [0.05, 0.1) is 18.2 Å². The van der Waals surface area contributed by atoms with Crippen LogP contribution in [0, 0.1) is 6.92 Å². The second-order valence-corrected chi connectivity index (χ2v) is 11.0. The number of ether oxygens (including phenoxy) is 2. The first kappa shape index (κ1) is 33.9. The van der Waals surface area contributed by atoms with E-state index in [4.69, 9.17) is 9.47 Å². The highest BCUT2D eigenvalue weighted by Gasteiger charge is 2.41. The smallest absolute Gasteiger partial charge is 0.409 e. The van der Waals surface area contributed by atoms with Crippen molar-refractivity contribution in [1.29, 1.82) is 0 Å². The molecule has 3 atom stereocenters. The van der Waals surface area contributed by atoms with Crippen LogP contribution >= 0.6 is 0 Å². The predicted octanol–water partition coefficient (Wildman–Crippen LogP) is 0.232. The summed E-state index contributed by atoms with van der Waals surface area (Å²) in [6.07, 6.45) is -2.20. The van der Waals surface area contributed by atoms with Gasteiger partial charge in [0, 0.05) is 50.6 Å². The first-order valence-corrected chi connectivity index (χ1v) is 14.9. The maximum atomic E-state index is 13.5. The molecule has 16 nitrogen and oxygen atoms in total. The van der Waals surface area contributed by atoms with Crippen LogP contribution in [0.2, 0.25) is 0 Å². The molecular weight excluding hydrogens is 606 g/mol. The maximum absolute atomic E-state index is 13.5. The van der Waals surface area contributed by atoms with Crippen molar-refractivity contribution < 1.29 is 53.6 Å². The normalized spacial score (nSPS) is 18.6. The van der Waals surface area contributed by atoms with Crippen LogP contribution < -0.4 is 10.1 Å². The minimum atomic E-state index is -1.40. The molecule has 46 heavy (non-hydrogen) atoms. The van der Waals surface area contributed by atoms with Crippen LogP contribution in [0.25, 0.3) is 10.9 Å². The minimum Gasteiger partial charge on any atom is -0.483 e. The van der Waals surface area contributed by atoms with Gasteiger partial charge in [-0.3, -0.25) is 19.2 Å². The number of hydrogen-bond acceptors (Lipinski definition) is 10. The quantitative estimate of drug-likeness (QED) is 0.259. The molecule has 4 N–H and O–H groups in total. The van der Waals surface area contributed by atoms with E-state index >= 15 is 0 Å². The van der Waals surface area contributed by atoms with Crippen LogP contribution in [0.4, 0.5) is 4.79 Å². The number of hydrogen-bond donors (Lipinski definition) is 4. The molecular formula is C30H37N5O11. The summed E-state index contributed by atoms with van der Waals surface area (Å²) in [6.45, 7) is 3.89. The highest BCUT2D eigenvalue weighted by atomic mass is 16.6. The molecule has 0 spiro atoms. The van der Waals surface area contributed by atoms with Crippen LogP contribution in [0.1, 0.15) is 42.2 Å². The summed E-state index contributed by atoms with van der Waals surface area (Å²) in [4.78, 5) is 83.2. The highest BCUT2D eigenvalue weighted by molar-refractivity contribution is 5.99. The van der Waals surface area contributed by atoms with Gasteiger partial charge in [-0.25, -0.2) is 14.6 Å². The molecule has 2 aromatic rings. The Morgan fingerprint density at radius 3 is 2.37 bits per heavy atom. The number of aromatic nitrogens is 1. The molecule has 2 aliphatic heterocycles. The number of carboxylic acid groups (broad SMARTS) is 2. The molecule has 2 fully saturated rings. The molecule has 0 radical (unpaired) electrons. The summed E-state index contributed by atoms with van der Waals surface area (Å²) in [5, 5.41) is 31.8. The van der Waals surface area contributed by atoms with Crippen LogP contribution in [0.15, 0.2) is 24.3 Å². The summed E-state index contributed by atoms with van der Waals surface area (Å²) < 4.78 is 10.8. The lowest BCUT2D eigenvalue weighted by Crippen LogP contribution is -2.56. The second-order valence-electron chi connectivity index (χ2n) is 11.0. The average molecular weight is 644 g/mol. The van der Waals surface area contributed by atoms with E-state index in [9.17, 15) is 44.1 Å². The van der Waals surface area contributed by atoms with Gasteiger partial charge in [0.1, 0.15) is 17.5 Å². The number of fused-ring (bicyclic) bond motifs is 1. The summed E-state index contributed by atoms with van der Waals surface area (Å²) in [6, 6.07) is 3.82. The van der Waals surface area contributed by atoms with E-state index in [0.29, 0.717) is 10.9 Å². The first-order valence-electron chi connectivity index (χ1n) is 14.9. The number of aliphatic hydroxyl groups is 1. The molecule has 4 rings (SSSR count). The SMILES string of the molecule is CCOC(=O)N1CCN(C(=O)[C@H](CCC(=O)O)NC(=O)c2cc(OCC(=O)N3CC[C@H](O)[C@H]3C(=O)O)c3ccc(C)cc3n2)CC1. The first-order chi connectivity index (χ1) is 21.9. The Bertz CT molecular complexity index is 1510. The van der Waals surface area contributed by atoms with E-state index in [0.717, 1.165) is 10.5 Å². The van der Waals surface area contributed by atoms with Crippen molar-refractivity contribution in [3.63, 3.8) is 0 Å². The van der Waals surface area contributed by atoms with Gasteiger partial charge >= 0.3 is 18.0 Å². The molecule has 4 amide bonds. The summed E-state index contributed by atoms with van der Waals surface area (Å²) in [5.74, 6) is -4.38. The van der Waals surface area contributed by atoms with Gasteiger partial charge in [-0.2, -0.15) is 0 Å². The van der Waals surface area contributed by atoms with Gasteiger partial charge in [-0.15, -0.1) is 0 Å². The van der Waals surface area contributed by atoms with E-state index in [-0.39, 0.29) is 63.6 Å². The van der Waals surface area contributed by atoms with E-state index in [2.05, 4.69) is 10.3 Å². The number of likely N-dealkylation sites (tertiary alicyclic amines) is 1. The monoisotopic (exact) mass is 643 g/mol. The van der Waals surface area contributed by atoms with Crippen molar-refractivity contribution in [2.75, 3.05) is 45.9 Å². The van der Waals surface area contributed by atoms with Crippen LogP contribution in [0.3, 0.4) is 0 Å². The number of pyridine rings is 1. The number of carbonyl (C=O) groups excluding carboxylic acids is 4. The van der Waals surface area contributed by atoms with Gasteiger partial charge in [0.15, 0.2) is 12.6 Å². The van der Waals surface area contributed by atoms with Gasteiger partial charge in [0.2, 0.25) is 5.91 Å². The molecule has 0 bridgehead atoms. The highest BCUT2D eigenvalue weighted by Crippen LogP contribution is 2.27. The fourth-order valence-corrected chi connectivity index (χ4v) is 5.42. The molecule has 1 aromatic carbocycles. The average Bonchev–Trinajstić information content (AvgIpc) is 3.42. The topological polar surface area (TPSA) is 216 Å². The Balaban J connectivity index is 1.53. The Kier molecular flexibility index (Phi) is 10.9. The second kappa shape index (κ2) is 14.9. The third-order valence-electron chi connectivity index (χ3n) is 7.82. The zero-order valence-electron chi connectivity index (χ0n) is 25.5. The van der Waals surface area contributed by atoms with Crippen molar-refractivity contribution in [1.82, 2.24) is 25.0 Å². The number of aryl methyl sites for hydroxylation is 1. The molecule has 1 aromatic heterocycles. The van der Waals surface area contributed by atoms with Crippen LogP contribution in [-0.4, -0.2) is 135 Å². The zero-order valence-corrected chi connectivity index (χ0v) is 25.5. The third kappa shape index (κ3) is 7.99. The number of aliphatic hydroxyl groups excluding tert-OH is 1. The van der Waals surface area contributed by atoms with E-state index in [1.54, 1.807) is 25.1 Å². The van der Waals surface area contributed by atoms with Crippen molar-refractivity contribution in [2.45, 2.75) is 51.3 Å². The number of aliphatic carboxylic acids is 2. The van der Waals surface area contributed by atoms with Gasteiger partial charge in [0.25, 0.3) is 11.8 Å². The summed E-state index contributed by atoms with van der Waals surface area (Å²) in [5.41, 5.74) is 0.992. The third-order valence-corrected chi connectivity index (χ3v) is 7.82. The Morgan fingerprint density at radius 1 is 1.02 bits per heavy atom. The fraction of sp³-hybridized carbons (Fsp3) is 0.500. The van der Waals surface area contributed by atoms with Crippen molar-refractivity contribution in [3.8, 4) is 5.75 Å². The molecule has 3 heterocycles. The Hall–Kier alpha value is -4.99. The largest absolute Gasteiger partial charge is 0.483 e.